The number of halogens is 1. The molecule has 1 aromatic rings. The number of carbonyl (C=O) groups excluding carboxylic acids is 2. The van der Waals surface area contributed by atoms with E-state index in [1.54, 1.807) is 23.1 Å². The second-order valence-corrected chi connectivity index (χ2v) is 6.52. The Morgan fingerprint density at radius 3 is 2.57 bits per heavy atom. The van der Waals surface area contributed by atoms with Crippen LogP contribution in [0.2, 0.25) is 0 Å². The molecule has 0 bridgehead atoms. The van der Waals surface area contributed by atoms with Crippen molar-refractivity contribution in [2.24, 2.45) is 5.92 Å². The lowest BCUT2D eigenvalue weighted by molar-refractivity contribution is -0.162. The van der Waals surface area contributed by atoms with Crippen LogP contribution in [-0.2, 0) is 4.79 Å². The van der Waals surface area contributed by atoms with Gasteiger partial charge in [-0.3, -0.25) is 9.59 Å². The van der Waals surface area contributed by atoms with Crippen molar-refractivity contribution in [3.8, 4) is 0 Å². The topological polar surface area (TPSA) is 69.6 Å². The number of hydrogen-bond donors (Lipinski definition) is 2. The Kier molecular flexibility index (Phi) is 4.68. The van der Waals surface area contributed by atoms with Gasteiger partial charge in [0.2, 0.25) is 5.91 Å². The van der Waals surface area contributed by atoms with Gasteiger partial charge in [-0.2, -0.15) is 0 Å². The number of rotatable bonds is 4. The summed E-state index contributed by atoms with van der Waals surface area (Å²) in [6.07, 6.45) is 0. The number of carbonyl (C=O) groups is 2. The molecule has 0 radical (unpaired) electrons. The van der Waals surface area contributed by atoms with Crippen LogP contribution in [0.4, 0.5) is 0 Å². The zero-order valence-electron chi connectivity index (χ0n) is 12.1. The standard InChI is InChI=1S/C15H19BrN2O3/c1-10(2)15(21)8-18(9-15)13(19)7-17-14(20)11-5-3-4-6-12(11)16/h3-6,10,21H,7-9H2,1-2H3,(H,17,20). The second kappa shape index (κ2) is 6.15. The molecule has 5 nitrogen and oxygen atoms in total. The third-order valence-electron chi connectivity index (χ3n) is 3.88. The summed E-state index contributed by atoms with van der Waals surface area (Å²) in [5.74, 6) is -0.368. The highest BCUT2D eigenvalue weighted by Crippen LogP contribution is 2.28. The van der Waals surface area contributed by atoms with E-state index in [2.05, 4.69) is 21.2 Å². The van der Waals surface area contributed by atoms with Crippen LogP contribution in [0, 0.1) is 5.92 Å². The van der Waals surface area contributed by atoms with Gasteiger partial charge in [0, 0.05) is 4.47 Å². The Hall–Kier alpha value is -1.40. The minimum absolute atomic E-state index is 0.0612. The van der Waals surface area contributed by atoms with Crippen LogP contribution in [0.25, 0.3) is 0 Å². The summed E-state index contributed by atoms with van der Waals surface area (Å²) in [4.78, 5) is 25.5. The maximum absolute atomic E-state index is 12.0. The van der Waals surface area contributed by atoms with Gasteiger partial charge in [-0.25, -0.2) is 0 Å². The molecule has 1 saturated heterocycles. The fraction of sp³-hybridized carbons (Fsp3) is 0.467. The van der Waals surface area contributed by atoms with Crippen molar-refractivity contribution in [3.05, 3.63) is 34.3 Å². The van der Waals surface area contributed by atoms with Crippen LogP contribution >= 0.6 is 15.9 Å². The van der Waals surface area contributed by atoms with Crippen molar-refractivity contribution in [1.29, 1.82) is 0 Å². The zero-order chi connectivity index (χ0) is 15.6. The summed E-state index contributed by atoms with van der Waals surface area (Å²) in [6, 6.07) is 7.04. The summed E-state index contributed by atoms with van der Waals surface area (Å²) in [7, 11) is 0. The van der Waals surface area contributed by atoms with Gasteiger partial charge in [0.15, 0.2) is 0 Å². The van der Waals surface area contributed by atoms with Gasteiger partial charge in [-0.1, -0.05) is 26.0 Å². The molecule has 0 unspecified atom stereocenters. The molecule has 6 heteroatoms. The van der Waals surface area contributed by atoms with Gasteiger partial charge >= 0.3 is 0 Å². The Morgan fingerprint density at radius 2 is 2.00 bits per heavy atom. The van der Waals surface area contributed by atoms with Gasteiger partial charge in [0.05, 0.1) is 25.2 Å². The van der Waals surface area contributed by atoms with Crippen molar-refractivity contribution < 1.29 is 14.7 Å². The predicted molar refractivity (Wildman–Crippen MR) is 82.8 cm³/mol. The van der Waals surface area contributed by atoms with Crippen molar-refractivity contribution >= 4 is 27.7 Å². The molecule has 1 aliphatic heterocycles. The van der Waals surface area contributed by atoms with Crippen molar-refractivity contribution in [1.82, 2.24) is 10.2 Å². The molecule has 21 heavy (non-hydrogen) atoms. The van der Waals surface area contributed by atoms with Crippen molar-refractivity contribution in [2.75, 3.05) is 19.6 Å². The van der Waals surface area contributed by atoms with Crippen LogP contribution in [-0.4, -0.2) is 47.1 Å². The molecule has 0 atom stereocenters. The first-order valence-corrected chi connectivity index (χ1v) is 7.65. The van der Waals surface area contributed by atoms with Crippen LogP contribution in [0.3, 0.4) is 0 Å². The van der Waals surface area contributed by atoms with Gasteiger partial charge in [-0.15, -0.1) is 0 Å². The minimum atomic E-state index is -0.790. The largest absolute Gasteiger partial charge is 0.386 e. The van der Waals surface area contributed by atoms with Gasteiger partial charge in [-0.05, 0) is 34.0 Å². The molecule has 1 heterocycles. The van der Waals surface area contributed by atoms with E-state index in [1.807, 2.05) is 19.9 Å². The van der Waals surface area contributed by atoms with Crippen molar-refractivity contribution in [3.63, 3.8) is 0 Å². The van der Waals surface area contributed by atoms with E-state index in [0.717, 1.165) is 0 Å². The molecule has 2 rings (SSSR count). The number of nitrogens with one attached hydrogen (secondary N) is 1. The fourth-order valence-electron chi connectivity index (χ4n) is 2.16. The quantitative estimate of drug-likeness (QED) is 0.858. The Morgan fingerprint density at radius 1 is 1.38 bits per heavy atom. The molecular formula is C15H19BrN2O3. The fourth-order valence-corrected chi connectivity index (χ4v) is 2.63. The highest BCUT2D eigenvalue weighted by atomic mass is 79.9. The zero-order valence-corrected chi connectivity index (χ0v) is 13.7. The predicted octanol–water partition coefficient (Wildman–Crippen LogP) is 1.41. The molecule has 0 aromatic heterocycles. The molecule has 0 spiro atoms. The van der Waals surface area contributed by atoms with Crippen molar-refractivity contribution in [2.45, 2.75) is 19.4 Å². The Balaban J connectivity index is 1.83. The molecule has 114 valence electrons. The lowest BCUT2D eigenvalue weighted by Crippen LogP contribution is -2.67. The average molecular weight is 355 g/mol. The summed E-state index contributed by atoms with van der Waals surface area (Å²) in [5.41, 5.74) is -0.296. The molecule has 0 saturated carbocycles. The molecular weight excluding hydrogens is 336 g/mol. The number of likely N-dealkylation sites (tertiary alicyclic amines) is 1. The van der Waals surface area contributed by atoms with E-state index < -0.39 is 5.60 Å². The number of nitrogens with zero attached hydrogens (tertiary/aromatic N) is 1. The minimum Gasteiger partial charge on any atom is -0.386 e. The maximum Gasteiger partial charge on any atom is 0.252 e. The molecule has 1 aliphatic rings. The average Bonchev–Trinajstić information content (AvgIpc) is 2.41. The number of benzene rings is 1. The van der Waals surface area contributed by atoms with E-state index in [0.29, 0.717) is 23.1 Å². The molecule has 0 aliphatic carbocycles. The maximum atomic E-state index is 12.0. The van der Waals surface area contributed by atoms with Gasteiger partial charge in [0.1, 0.15) is 5.60 Å². The lowest BCUT2D eigenvalue weighted by atomic mass is 9.83. The molecule has 2 N–H and O–H groups in total. The van der Waals surface area contributed by atoms with E-state index in [9.17, 15) is 14.7 Å². The molecule has 2 amide bonds. The third kappa shape index (κ3) is 3.44. The van der Waals surface area contributed by atoms with Gasteiger partial charge in [0.25, 0.3) is 5.91 Å². The normalized spacial score (nSPS) is 16.5. The highest BCUT2D eigenvalue weighted by molar-refractivity contribution is 9.10. The van der Waals surface area contributed by atoms with E-state index >= 15 is 0 Å². The first kappa shape index (κ1) is 16.0. The Labute approximate surface area is 132 Å². The third-order valence-corrected chi connectivity index (χ3v) is 4.57. The van der Waals surface area contributed by atoms with Gasteiger partial charge < -0.3 is 15.3 Å². The number of aliphatic hydroxyl groups is 1. The van der Waals surface area contributed by atoms with Crippen LogP contribution in [0.5, 0.6) is 0 Å². The lowest BCUT2D eigenvalue weighted by Gasteiger charge is -2.49. The smallest absolute Gasteiger partial charge is 0.252 e. The summed E-state index contributed by atoms with van der Waals surface area (Å²) in [5, 5.41) is 12.7. The van der Waals surface area contributed by atoms with Crippen LogP contribution in [0.1, 0.15) is 24.2 Å². The number of amides is 2. The summed E-state index contributed by atoms with van der Waals surface area (Å²) < 4.78 is 0.688. The number of β-amino-alcohol motifs (C(OH)–C–C–N with tert-alkyl or cyclic N) is 1. The van der Waals surface area contributed by atoms with E-state index in [-0.39, 0.29) is 24.3 Å². The van der Waals surface area contributed by atoms with Crippen LogP contribution < -0.4 is 5.32 Å². The van der Waals surface area contributed by atoms with Crippen LogP contribution in [0.15, 0.2) is 28.7 Å². The molecule has 1 fully saturated rings. The molecule has 1 aromatic carbocycles. The summed E-state index contributed by atoms with van der Waals surface area (Å²) in [6.45, 7) is 4.45. The first-order valence-electron chi connectivity index (χ1n) is 6.86. The highest BCUT2D eigenvalue weighted by Gasteiger charge is 2.45. The monoisotopic (exact) mass is 354 g/mol. The Bertz CT molecular complexity index is 554. The van der Waals surface area contributed by atoms with E-state index in [1.165, 1.54) is 0 Å². The summed E-state index contributed by atoms with van der Waals surface area (Å²) >= 11 is 3.30. The number of hydrogen-bond acceptors (Lipinski definition) is 3. The second-order valence-electron chi connectivity index (χ2n) is 5.67. The SMILES string of the molecule is CC(C)C1(O)CN(C(=O)CNC(=O)c2ccccc2Br)C1. The first-order chi connectivity index (χ1) is 9.83. The van der Waals surface area contributed by atoms with E-state index in [4.69, 9.17) is 0 Å².